The number of fused-ring (bicyclic) bond motifs is 1. The molecule has 0 aromatic heterocycles. The Hall–Kier alpha value is -1.06. The summed E-state index contributed by atoms with van der Waals surface area (Å²) in [6, 6.07) is 0. The summed E-state index contributed by atoms with van der Waals surface area (Å²) in [7, 11) is -3.98. The van der Waals surface area contributed by atoms with Crippen molar-refractivity contribution < 1.29 is 18.8 Å². The standard InChI is InChI=1S/C46H80O4Si2/c1-16-17-18-21-40(47)46(29-30-46)41(48)26-28-44(9,10)39-25-24-37-34(20-19-27-45(37,39)11)22-23-35-31-36(49-51(12,13)42(3,4)5)32-38(33(35)2)50-52(14,15)43(6,7)8/h22-23,26,28,36-39,41,48H,2,16-21,24-25,27,29-32H2,1,3-15H3/b28-26+,34-22+,35-23-/t36-,37+,38+,39-,41?,45+/m1/s1. The number of hydrogen-bond acceptors (Lipinski definition) is 4. The second-order valence-electron chi connectivity index (χ2n) is 21.5. The van der Waals surface area contributed by atoms with Gasteiger partial charge in [0.2, 0.25) is 0 Å². The number of allylic oxidation sites excluding steroid dienone is 4. The van der Waals surface area contributed by atoms with Crippen LogP contribution in [0, 0.1) is 28.1 Å². The summed E-state index contributed by atoms with van der Waals surface area (Å²) in [5.74, 6) is 1.36. The molecule has 0 spiro atoms. The maximum absolute atomic E-state index is 13.1. The minimum Gasteiger partial charge on any atom is -0.413 e. The lowest BCUT2D eigenvalue weighted by atomic mass is 9.57. The number of aliphatic hydroxyl groups excluding tert-OH is 1. The Balaban J connectivity index is 1.56. The zero-order chi connectivity index (χ0) is 39.1. The van der Waals surface area contributed by atoms with Crippen molar-refractivity contribution in [3.05, 3.63) is 47.6 Å². The number of rotatable bonds is 14. The number of Topliss-reactive ketones (excluding diaryl/α,β-unsaturated/α-hetero) is 1. The highest BCUT2D eigenvalue weighted by Crippen LogP contribution is 2.62. The van der Waals surface area contributed by atoms with Gasteiger partial charge in [-0.25, -0.2) is 0 Å². The van der Waals surface area contributed by atoms with E-state index < -0.39 is 28.2 Å². The summed E-state index contributed by atoms with van der Waals surface area (Å²) in [5.41, 5.74) is 3.68. The Bertz CT molecular complexity index is 1380. The SMILES string of the molecule is C=C1/C(=C\C=C2/CCC[C@]3(C)[C@@H](C(C)(C)/C=C/C(O)C4(C(=O)CCCCC)CC4)CC[C@@H]23)C[C@@H](O[Si](C)(C)C(C)(C)C)C[C@@H]1O[Si](C)(C)C(C)(C)C. The summed E-state index contributed by atoms with van der Waals surface area (Å²) >= 11 is 0. The quantitative estimate of drug-likeness (QED) is 0.109. The van der Waals surface area contributed by atoms with Crippen molar-refractivity contribution in [2.24, 2.45) is 28.1 Å². The van der Waals surface area contributed by atoms with E-state index >= 15 is 0 Å². The van der Waals surface area contributed by atoms with Crippen LogP contribution in [0.3, 0.4) is 0 Å². The Morgan fingerprint density at radius 2 is 1.56 bits per heavy atom. The maximum Gasteiger partial charge on any atom is 0.192 e. The lowest BCUT2D eigenvalue weighted by Gasteiger charge is -2.47. The predicted molar refractivity (Wildman–Crippen MR) is 227 cm³/mol. The van der Waals surface area contributed by atoms with Crippen LogP contribution in [-0.2, 0) is 13.6 Å². The number of aliphatic hydroxyl groups is 1. The molecule has 4 aliphatic rings. The van der Waals surface area contributed by atoms with Crippen molar-refractivity contribution >= 4 is 22.4 Å². The fourth-order valence-electron chi connectivity index (χ4n) is 9.53. The number of carbonyl (C=O) groups excluding carboxylic acids is 1. The highest BCUT2D eigenvalue weighted by molar-refractivity contribution is 6.74. The van der Waals surface area contributed by atoms with Gasteiger partial charge in [-0.2, -0.15) is 0 Å². The van der Waals surface area contributed by atoms with E-state index in [1.165, 1.54) is 31.3 Å². The van der Waals surface area contributed by atoms with Crippen LogP contribution in [0.15, 0.2) is 47.6 Å². The van der Waals surface area contributed by atoms with E-state index in [-0.39, 0.29) is 38.9 Å². The van der Waals surface area contributed by atoms with Gasteiger partial charge in [-0.05, 0) is 128 Å². The van der Waals surface area contributed by atoms with Gasteiger partial charge < -0.3 is 14.0 Å². The predicted octanol–water partition coefficient (Wildman–Crippen LogP) is 13.1. The molecule has 0 saturated heterocycles. The molecule has 0 heterocycles. The minimum atomic E-state index is -2.02. The van der Waals surface area contributed by atoms with E-state index in [0.29, 0.717) is 18.3 Å². The van der Waals surface area contributed by atoms with E-state index in [2.05, 4.69) is 114 Å². The van der Waals surface area contributed by atoms with Gasteiger partial charge in [-0.15, -0.1) is 0 Å². The molecule has 0 aromatic rings. The second-order valence-corrected chi connectivity index (χ2v) is 31.0. The summed E-state index contributed by atoms with van der Waals surface area (Å²) in [4.78, 5) is 13.1. The van der Waals surface area contributed by atoms with Crippen molar-refractivity contribution in [3.63, 3.8) is 0 Å². The zero-order valence-electron chi connectivity index (χ0n) is 36.3. The Labute approximate surface area is 323 Å². The van der Waals surface area contributed by atoms with Gasteiger partial charge in [0.25, 0.3) is 0 Å². The number of carbonyl (C=O) groups is 1. The third-order valence-electron chi connectivity index (χ3n) is 15.2. The summed E-state index contributed by atoms with van der Waals surface area (Å²) in [5, 5.41) is 11.6. The zero-order valence-corrected chi connectivity index (χ0v) is 38.3. The first kappa shape index (κ1) is 43.7. The van der Waals surface area contributed by atoms with Crippen molar-refractivity contribution in [2.45, 2.75) is 207 Å². The van der Waals surface area contributed by atoms with Gasteiger partial charge in [-0.1, -0.05) is 119 Å². The molecule has 0 radical (unpaired) electrons. The second kappa shape index (κ2) is 15.8. The topological polar surface area (TPSA) is 55.8 Å². The van der Waals surface area contributed by atoms with Crippen molar-refractivity contribution in [1.29, 1.82) is 0 Å². The molecule has 52 heavy (non-hydrogen) atoms. The molecule has 0 bridgehead atoms. The molecule has 0 aromatic carbocycles. The van der Waals surface area contributed by atoms with Gasteiger partial charge in [0.1, 0.15) is 5.78 Å². The fraction of sp³-hybridized carbons (Fsp3) is 0.804. The van der Waals surface area contributed by atoms with Crippen LogP contribution in [0.4, 0.5) is 0 Å². The molecule has 4 saturated carbocycles. The van der Waals surface area contributed by atoms with Crippen LogP contribution in [0.2, 0.25) is 36.3 Å². The van der Waals surface area contributed by atoms with Crippen LogP contribution >= 0.6 is 0 Å². The molecule has 0 amide bonds. The Morgan fingerprint density at radius 3 is 2.13 bits per heavy atom. The van der Waals surface area contributed by atoms with Crippen LogP contribution < -0.4 is 0 Å². The summed E-state index contributed by atoms with van der Waals surface area (Å²) in [6.07, 6.45) is 21.9. The molecule has 296 valence electrons. The smallest absolute Gasteiger partial charge is 0.192 e. The van der Waals surface area contributed by atoms with E-state index in [0.717, 1.165) is 56.9 Å². The maximum atomic E-state index is 13.1. The average Bonchev–Trinajstić information content (AvgIpc) is 3.75. The molecule has 6 heteroatoms. The fourth-order valence-corrected chi connectivity index (χ4v) is 12.2. The first-order chi connectivity index (χ1) is 23.8. The Morgan fingerprint density at radius 1 is 0.942 bits per heavy atom. The van der Waals surface area contributed by atoms with Crippen molar-refractivity contribution in [3.8, 4) is 0 Å². The van der Waals surface area contributed by atoms with Crippen LogP contribution in [0.5, 0.6) is 0 Å². The molecule has 4 fully saturated rings. The molecule has 1 unspecified atom stereocenters. The third kappa shape index (κ3) is 9.31. The van der Waals surface area contributed by atoms with E-state index in [1.54, 1.807) is 5.57 Å². The number of ketones is 1. The van der Waals surface area contributed by atoms with Crippen LogP contribution in [-0.4, -0.2) is 45.8 Å². The largest absolute Gasteiger partial charge is 0.413 e. The molecule has 4 aliphatic carbocycles. The highest BCUT2D eigenvalue weighted by atomic mass is 28.4. The molecular weight excluding hydrogens is 673 g/mol. The van der Waals surface area contributed by atoms with Gasteiger partial charge in [0.05, 0.1) is 23.7 Å². The van der Waals surface area contributed by atoms with Gasteiger partial charge in [0, 0.05) is 12.8 Å². The van der Waals surface area contributed by atoms with Crippen molar-refractivity contribution in [2.75, 3.05) is 0 Å². The average molecular weight is 753 g/mol. The number of hydrogen-bond donors (Lipinski definition) is 1. The van der Waals surface area contributed by atoms with Crippen LogP contribution in [0.1, 0.15) is 153 Å². The molecule has 0 aliphatic heterocycles. The lowest BCUT2D eigenvalue weighted by Crippen LogP contribution is -2.49. The molecule has 1 N–H and O–H groups in total. The van der Waals surface area contributed by atoms with Crippen LogP contribution in [0.25, 0.3) is 0 Å². The van der Waals surface area contributed by atoms with Crippen molar-refractivity contribution in [1.82, 2.24) is 0 Å². The number of unbranched alkanes of at least 4 members (excludes halogenated alkanes) is 2. The van der Waals surface area contributed by atoms with Gasteiger partial charge >= 0.3 is 0 Å². The Kier molecular flexibility index (Phi) is 13.3. The summed E-state index contributed by atoms with van der Waals surface area (Å²) in [6.45, 7) is 37.6. The molecule has 4 nitrogen and oxygen atoms in total. The molecule has 6 atom stereocenters. The first-order valence-electron chi connectivity index (χ1n) is 21.2. The third-order valence-corrected chi connectivity index (χ3v) is 24.2. The van der Waals surface area contributed by atoms with Gasteiger partial charge in [-0.3, -0.25) is 4.79 Å². The molecular formula is C46H80O4Si2. The monoisotopic (exact) mass is 753 g/mol. The highest BCUT2D eigenvalue weighted by Gasteiger charge is 2.55. The van der Waals surface area contributed by atoms with E-state index in [9.17, 15) is 9.90 Å². The molecule has 4 rings (SSSR count). The minimum absolute atomic E-state index is 0.00843. The van der Waals surface area contributed by atoms with E-state index in [1.807, 2.05) is 6.08 Å². The normalized spacial score (nSPS) is 31.0. The first-order valence-corrected chi connectivity index (χ1v) is 27.0. The van der Waals surface area contributed by atoms with Gasteiger partial charge in [0.15, 0.2) is 16.6 Å². The lowest BCUT2D eigenvalue weighted by molar-refractivity contribution is -0.127. The van der Waals surface area contributed by atoms with E-state index in [4.69, 9.17) is 15.4 Å². The summed E-state index contributed by atoms with van der Waals surface area (Å²) < 4.78 is 14.2.